The van der Waals surface area contributed by atoms with Crippen LogP contribution in [0.15, 0.2) is 42.6 Å². The first-order valence-electron chi connectivity index (χ1n) is 6.78. The van der Waals surface area contributed by atoms with Gasteiger partial charge in [0.15, 0.2) is 5.65 Å². The Morgan fingerprint density at radius 3 is 2.82 bits per heavy atom. The molecule has 0 amide bonds. The number of aromatic nitrogens is 4. The molecular weight excluding hydrogens is 300 g/mol. The SMILES string of the molecule is CC(=O)n1c2cccc(Cl)c2c2cc(-c3ccc[nH]3)nnc21. The molecule has 6 heteroatoms. The molecule has 1 N–H and O–H groups in total. The minimum atomic E-state index is -0.121. The van der Waals surface area contributed by atoms with Crippen LogP contribution in [0, 0.1) is 0 Å². The zero-order chi connectivity index (χ0) is 15.3. The number of hydrogen-bond donors (Lipinski definition) is 1. The van der Waals surface area contributed by atoms with Crippen molar-refractivity contribution < 1.29 is 4.79 Å². The number of aromatic amines is 1. The van der Waals surface area contributed by atoms with E-state index in [2.05, 4.69) is 15.2 Å². The van der Waals surface area contributed by atoms with Crippen LogP contribution in [0.25, 0.3) is 33.3 Å². The number of H-pyrrole nitrogens is 1. The van der Waals surface area contributed by atoms with Crippen LogP contribution in [0.2, 0.25) is 5.02 Å². The Hall–Kier alpha value is -2.66. The molecule has 22 heavy (non-hydrogen) atoms. The molecule has 0 aliphatic heterocycles. The van der Waals surface area contributed by atoms with Crippen LogP contribution in [0.5, 0.6) is 0 Å². The average molecular weight is 311 g/mol. The van der Waals surface area contributed by atoms with Crippen molar-refractivity contribution in [1.29, 1.82) is 0 Å². The minimum Gasteiger partial charge on any atom is -0.360 e. The van der Waals surface area contributed by atoms with E-state index < -0.39 is 0 Å². The van der Waals surface area contributed by atoms with E-state index in [9.17, 15) is 4.79 Å². The van der Waals surface area contributed by atoms with Crippen LogP contribution in [-0.4, -0.2) is 25.7 Å². The molecule has 0 aliphatic rings. The topological polar surface area (TPSA) is 63.6 Å². The third-order valence-electron chi connectivity index (χ3n) is 3.68. The molecule has 1 aromatic carbocycles. The van der Waals surface area contributed by atoms with Gasteiger partial charge in [0.05, 0.1) is 16.2 Å². The van der Waals surface area contributed by atoms with Gasteiger partial charge in [0.1, 0.15) is 5.69 Å². The molecule has 3 aromatic heterocycles. The number of benzene rings is 1. The zero-order valence-corrected chi connectivity index (χ0v) is 12.4. The highest BCUT2D eigenvalue weighted by Crippen LogP contribution is 2.34. The van der Waals surface area contributed by atoms with Crippen molar-refractivity contribution >= 4 is 39.4 Å². The molecule has 5 nitrogen and oxygen atoms in total. The van der Waals surface area contributed by atoms with Crippen LogP contribution in [0.3, 0.4) is 0 Å². The molecule has 0 fully saturated rings. The van der Waals surface area contributed by atoms with Crippen molar-refractivity contribution in [2.24, 2.45) is 0 Å². The van der Waals surface area contributed by atoms with Crippen molar-refractivity contribution in [3.05, 3.63) is 47.6 Å². The Bertz CT molecular complexity index is 1020. The predicted molar refractivity (Wildman–Crippen MR) is 86.1 cm³/mol. The largest absolute Gasteiger partial charge is 0.360 e. The lowest BCUT2D eigenvalue weighted by Gasteiger charge is -2.00. The lowest BCUT2D eigenvalue weighted by molar-refractivity contribution is 0.0945. The molecule has 4 aromatic rings. The third kappa shape index (κ3) is 1.76. The van der Waals surface area contributed by atoms with E-state index >= 15 is 0 Å². The van der Waals surface area contributed by atoms with E-state index in [1.165, 1.54) is 6.92 Å². The second-order valence-corrected chi connectivity index (χ2v) is 5.45. The predicted octanol–water partition coefficient (Wildman–Crippen LogP) is 3.89. The van der Waals surface area contributed by atoms with Gasteiger partial charge in [0.2, 0.25) is 5.91 Å². The number of carbonyl (C=O) groups is 1. The number of nitrogens with zero attached hydrogens (tertiary/aromatic N) is 3. The Kier molecular flexibility index (Phi) is 2.77. The Balaban J connectivity index is 2.16. The van der Waals surface area contributed by atoms with E-state index in [0.717, 1.165) is 22.0 Å². The normalized spacial score (nSPS) is 11.4. The monoisotopic (exact) mass is 310 g/mol. The van der Waals surface area contributed by atoms with Crippen LogP contribution in [-0.2, 0) is 0 Å². The van der Waals surface area contributed by atoms with Crippen molar-refractivity contribution in [3.8, 4) is 11.4 Å². The van der Waals surface area contributed by atoms with Crippen LogP contribution < -0.4 is 0 Å². The lowest BCUT2D eigenvalue weighted by atomic mass is 10.1. The summed E-state index contributed by atoms with van der Waals surface area (Å²) >= 11 is 6.35. The van der Waals surface area contributed by atoms with Gasteiger partial charge in [-0.2, -0.15) is 0 Å². The highest BCUT2D eigenvalue weighted by Gasteiger charge is 2.18. The van der Waals surface area contributed by atoms with Gasteiger partial charge < -0.3 is 4.98 Å². The third-order valence-corrected chi connectivity index (χ3v) is 3.99. The first kappa shape index (κ1) is 13.0. The molecule has 4 rings (SSSR count). The fourth-order valence-electron chi connectivity index (χ4n) is 2.75. The second-order valence-electron chi connectivity index (χ2n) is 5.04. The zero-order valence-electron chi connectivity index (χ0n) is 11.7. The molecular formula is C16H11ClN4O. The van der Waals surface area contributed by atoms with Gasteiger partial charge in [-0.25, -0.2) is 0 Å². The molecule has 0 unspecified atom stereocenters. The maximum Gasteiger partial charge on any atom is 0.229 e. The van der Waals surface area contributed by atoms with Gasteiger partial charge >= 0.3 is 0 Å². The number of fused-ring (bicyclic) bond motifs is 3. The van der Waals surface area contributed by atoms with E-state index in [1.54, 1.807) is 4.57 Å². The Labute approximate surface area is 130 Å². The number of nitrogens with one attached hydrogen (secondary N) is 1. The van der Waals surface area contributed by atoms with Crippen LogP contribution in [0.4, 0.5) is 0 Å². The van der Waals surface area contributed by atoms with Gasteiger partial charge in [0, 0.05) is 23.9 Å². The standard InChI is InChI=1S/C16H11ClN4O/c1-9(22)21-14-6-2-4-11(17)15(14)10-8-13(19-20-16(10)21)12-5-3-7-18-12/h2-8,18H,1H3. The number of hydrogen-bond acceptors (Lipinski definition) is 3. The van der Waals surface area contributed by atoms with Crippen molar-refractivity contribution in [1.82, 2.24) is 19.7 Å². The number of rotatable bonds is 1. The molecule has 0 bridgehead atoms. The van der Waals surface area contributed by atoms with Gasteiger partial charge in [-0.1, -0.05) is 17.7 Å². The van der Waals surface area contributed by atoms with Gasteiger partial charge in [-0.3, -0.25) is 9.36 Å². The summed E-state index contributed by atoms with van der Waals surface area (Å²) in [7, 11) is 0. The van der Waals surface area contributed by atoms with E-state index in [4.69, 9.17) is 11.6 Å². The summed E-state index contributed by atoms with van der Waals surface area (Å²) < 4.78 is 1.54. The second kappa shape index (κ2) is 4.68. The number of halogens is 1. The maximum atomic E-state index is 12.0. The van der Waals surface area contributed by atoms with Gasteiger partial charge in [-0.15, -0.1) is 10.2 Å². The van der Waals surface area contributed by atoms with Crippen molar-refractivity contribution in [2.45, 2.75) is 6.92 Å². The first-order valence-corrected chi connectivity index (χ1v) is 7.15. The summed E-state index contributed by atoms with van der Waals surface area (Å²) in [5.41, 5.74) is 2.84. The van der Waals surface area contributed by atoms with E-state index in [1.807, 2.05) is 42.6 Å². The lowest BCUT2D eigenvalue weighted by Crippen LogP contribution is -2.06. The molecule has 0 aliphatic carbocycles. The first-order chi connectivity index (χ1) is 10.7. The Morgan fingerprint density at radius 2 is 2.09 bits per heavy atom. The summed E-state index contributed by atoms with van der Waals surface area (Å²) in [5, 5.41) is 10.7. The smallest absolute Gasteiger partial charge is 0.229 e. The van der Waals surface area contributed by atoms with Gasteiger partial charge in [-0.05, 0) is 30.3 Å². The number of carbonyl (C=O) groups excluding carboxylic acids is 1. The summed E-state index contributed by atoms with van der Waals surface area (Å²) in [6.07, 6.45) is 1.83. The van der Waals surface area contributed by atoms with Crippen molar-refractivity contribution in [2.75, 3.05) is 0 Å². The van der Waals surface area contributed by atoms with Gasteiger partial charge in [0.25, 0.3) is 0 Å². The van der Waals surface area contributed by atoms with Crippen LogP contribution in [0.1, 0.15) is 11.7 Å². The molecule has 108 valence electrons. The highest BCUT2D eigenvalue weighted by atomic mass is 35.5. The summed E-state index contributed by atoms with van der Waals surface area (Å²) in [6.45, 7) is 1.50. The molecule has 0 radical (unpaired) electrons. The molecule has 3 heterocycles. The van der Waals surface area contributed by atoms with E-state index in [-0.39, 0.29) is 5.91 Å². The molecule has 0 saturated heterocycles. The maximum absolute atomic E-state index is 12.0. The Morgan fingerprint density at radius 1 is 1.23 bits per heavy atom. The van der Waals surface area contributed by atoms with E-state index in [0.29, 0.717) is 16.4 Å². The molecule has 0 spiro atoms. The summed E-state index contributed by atoms with van der Waals surface area (Å²) in [6, 6.07) is 11.2. The fraction of sp³-hybridized carbons (Fsp3) is 0.0625. The summed E-state index contributed by atoms with van der Waals surface area (Å²) in [5.74, 6) is -0.121. The average Bonchev–Trinajstić information content (AvgIpc) is 3.12. The minimum absolute atomic E-state index is 0.121. The fourth-order valence-corrected chi connectivity index (χ4v) is 3.03. The molecule has 0 saturated carbocycles. The van der Waals surface area contributed by atoms with Crippen LogP contribution >= 0.6 is 11.6 Å². The highest BCUT2D eigenvalue weighted by molar-refractivity contribution is 6.38. The molecule has 0 atom stereocenters. The quantitative estimate of drug-likeness (QED) is 0.580. The summed E-state index contributed by atoms with van der Waals surface area (Å²) in [4.78, 5) is 15.1. The van der Waals surface area contributed by atoms with Crippen molar-refractivity contribution in [3.63, 3.8) is 0 Å².